The summed E-state index contributed by atoms with van der Waals surface area (Å²) in [4.78, 5) is 38.6. The van der Waals surface area contributed by atoms with Gasteiger partial charge in [0.2, 0.25) is 5.91 Å². The first-order valence-corrected chi connectivity index (χ1v) is 14.2. The monoisotopic (exact) mass is 572 g/mol. The Hall–Kier alpha value is -4.21. The summed E-state index contributed by atoms with van der Waals surface area (Å²) < 4.78 is 16.9. The molecule has 220 valence electrons. The number of hydrogen-bond acceptors (Lipinski definition) is 6. The number of aliphatic carboxylic acids is 1. The summed E-state index contributed by atoms with van der Waals surface area (Å²) in [5, 5.41) is 15.3. The van der Waals surface area contributed by atoms with Crippen LogP contribution >= 0.6 is 0 Å². The molecule has 9 nitrogen and oxygen atoms in total. The van der Waals surface area contributed by atoms with Gasteiger partial charge >= 0.3 is 12.1 Å². The zero-order chi connectivity index (χ0) is 29.5. The Morgan fingerprint density at radius 3 is 2.14 bits per heavy atom. The van der Waals surface area contributed by atoms with E-state index in [2.05, 4.69) is 22.8 Å². The van der Waals surface area contributed by atoms with Crippen molar-refractivity contribution in [2.45, 2.75) is 44.4 Å². The molecule has 1 saturated heterocycles. The molecule has 5 rings (SSSR count). The lowest BCUT2D eigenvalue weighted by Crippen LogP contribution is -2.57. The van der Waals surface area contributed by atoms with Crippen molar-refractivity contribution in [3.8, 4) is 11.1 Å². The van der Waals surface area contributed by atoms with Crippen LogP contribution in [0.5, 0.6) is 0 Å². The first kappa shape index (κ1) is 29.3. The van der Waals surface area contributed by atoms with Crippen LogP contribution in [0.4, 0.5) is 4.79 Å². The van der Waals surface area contributed by atoms with E-state index in [1.807, 2.05) is 66.7 Å². The van der Waals surface area contributed by atoms with E-state index in [9.17, 15) is 19.5 Å². The van der Waals surface area contributed by atoms with Crippen molar-refractivity contribution in [2.24, 2.45) is 5.41 Å². The van der Waals surface area contributed by atoms with Crippen LogP contribution in [-0.2, 0) is 30.4 Å². The first-order valence-electron chi connectivity index (χ1n) is 14.2. The van der Waals surface area contributed by atoms with E-state index in [1.54, 1.807) is 6.92 Å². The second-order valence-corrected chi connectivity index (χ2v) is 10.9. The Morgan fingerprint density at radius 2 is 1.52 bits per heavy atom. The number of hydrogen-bond donors (Lipinski definition) is 3. The Balaban J connectivity index is 1.20. The Kier molecular flexibility index (Phi) is 9.19. The Labute approximate surface area is 245 Å². The molecular formula is C33H36N2O7. The number of carboxylic acids is 1. The van der Waals surface area contributed by atoms with Crippen molar-refractivity contribution in [1.82, 2.24) is 10.6 Å². The molecule has 2 amide bonds. The normalized spacial score (nSPS) is 16.9. The summed E-state index contributed by atoms with van der Waals surface area (Å²) in [6.07, 6.45) is -0.772. The fraction of sp³-hybridized carbons (Fsp3) is 0.364. The van der Waals surface area contributed by atoms with Crippen LogP contribution in [-0.4, -0.2) is 61.6 Å². The van der Waals surface area contributed by atoms with Crippen LogP contribution in [0.25, 0.3) is 11.1 Å². The molecule has 0 aromatic heterocycles. The first-order chi connectivity index (χ1) is 20.4. The van der Waals surface area contributed by atoms with Gasteiger partial charge in [0, 0.05) is 25.7 Å². The van der Waals surface area contributed by atoms with Gasteiger partial charge in [-0.15, -0.1) is 0 Å². The van der Waals surface area contributed by atoms with Gasteiger partial charge in [-0.05, 0) is 47.6 Å². The van der Waals surface area contributed by atoms with E-state index in [0.29, 0.717) is 26.1 Å². The van der Waals surface area contributed by atoms with Crippen LogP contribution in [0.1, 0.15) is 42.4 Å². The van der Waals surface area contributed by atoms with Crippen molar-refractivity contribution in [3.63, 3.8) is 0 Å². The number of amides is 2. The molecule has 1 aliphatic heterocycles. The molecular weight excluding hydrogens is 536 g/mol. The molecule has 1 aliphatic carbocycles. The SMILES string of the molecule is C[C@@H](OCc1ccccc1)[C@H](NC(=O)C1(CNC(=O)OCC2c3ccccc3-c3ccccc32)CCOCC1)C(=O)O. The molecule has 0 spiro atoms. The van der Waals surface area contributed by atoms with E-state index in [1.165, 1.54) is 0 Å². The third kappa shape index (κ3) is 6.48. The molecule has 0 bridgehead atoms. The van der Waals surface area contributed by atoms with Gasteiger partial charge in [-0.2, -0.15) is 0 Å². The quantitative estimate of drug-likeness (QED) is 0.309. The maximum Gasteiger partial charge on any atom is 0.407 e. The molecule has 1 heterocycles. The van der Waals surface area contributed by atoms with Gasteiger partial charge in [-0.25, -0.2) is 9.59 Å². The number of carboxylic acid groups (broad SMARTS) is 1. The second kappa shape index (κ2) is 13.2. The third-order valence-corrected chi connectivity index (χ3v) is 8.22. The van der Waals surface area contributed by atoms with E-state index >= 15 is 0 Å². The molecule has 9 heteroatoms. The van der Waals surface area contributed by atoms with E-state index in [4.69, 9.17) is 14.2 Å². The Bertz CT molecular complexity index is 1360. The van der Waals surface area contributed by atoms with Crippen molar-refractivity contribution < 1.29 is 33.7 Å². The number of nitrogens with one attached hydrogen (secondary N) is 2. The minimum atomic E-state index is -1.27. The van der Waals surface area contributed by atoms with Gasteiger partial charge in [0.15, 0.2) is 6.04 Å². The zero-order valence-electron chi connectivity index (χ0n) is 23.6. The van der Waals surface area contributed by atoms with Crippen molar-refractivity contribution in [2.75, 3.05) is 26.4 Å². The smallest absolute Gasteiger partial charge is 0.407 e. The highest BCUT2D eigenvalue weighted by molar-refractivity contribution is 5.88. The van der Waals surface area contributed by atoms with Gasteiger partial charge in [-0.3, -0.25) is 4.79 Å². The lowest BCUT2D eigenvalue weighted by atomic mass is 9.79. The summed E-state index contributed by atoms with van der Waals surface area (Å²) in [6, 6.07) is 24.3. The standard InChI is InChI=1S/C33H36N2O7/c1-22(41-19-23-9-3-2-4-10-23)29(30(36)37)35-31(38)33(15-17-40-18-16-33)21-34-32(39)42-20-28-26-13-7-5-11-24(26)25-12-6-8-14-27(25)28/h2-14,22,28-29H,15-21H2,1H3,(H,34,39)(H,35,38)(H,36,37)/t22-,29+/m1/s1. The molecule has 2 atom stereocenters. The van der Waals surface area contributed by atoms with Crippen LogP contribution in [0.15, 0.2) is 78.9 Å². The average molecular weight is 573 g/mol. The largest absolute Gasteiger partial charge is 0.480 e. The number of alkyl carbamates (subject to hydrolysis) is 1. The van der Waals surface area contributed by atoms with E-state index in [0.717, 1.165) is 27.8 Å². The van der Waals surface area contributed by atoms with Gasteiger partial charge in [0.05, 0.1) is 18.1 Å². The minimum absolute atomic E-state index is 0.00946. The summed E-state index contributed by atoms with van der Waals surface area (Å²) in [5.41, 5.74) is 4.33. The summed E-state index contributed by atoms with van der Waals surface area (Å²) in [6.45, 7) is 2.61. The molecule has 42 heavy (non-hydrogen) atoms. The van der Waals surface area contributed by atoms with Gasteiger partial charge in [-0.1, -0.05) is 78.9 Å². The maximum absolute atomic E-state index is 13.6. The number of fused-ring (bicyclic) bond motifs is 3. The van der Waals surface area contributed by atoms with Crippen molar-refractivity contribution in [3.05, 3.63) is 95.6 Å². The third-order valence-electron chi connectivity index (χ3n) is 8.22. The van der Waals surface area contributed by atoms with Crippen LogP contribution in [0.2, 0.25) is 0 Å². The highest BCUT2D eigenvalue weighted by Gasteiger charge is 2.43. The summed E-state index contributed by atoms with van der Waals surface area (Å²) in [7, 11) is 0. The predicted octanol–water partition coefficient (Wildman–Crippen LogP) is 4.50. The lowest BCUT2D eigenvalue weighted by Gasteiger charge is -2.37. The van der Waals surface area contributed by atoms with Crippen molar-refractivity contribution in [1.29, 1.82) is 0 Å². The molecule has 2 aliphatic rings. The van der Waals surface area contributed by atoms with Crippen LogP contribution in [0, 0.1) is 5.41 Å². The highest BCUT2D eigenvalue weighted by Crippen LogP contribution is 2.44. The lowest BCUT2D eigenvalue weighted by molar-refractivity contribution is -0.150. The fourth-order valence-electron chi connectivity index (χ4n) is 5.71. The molecule has 0 saturated carbocycles. The predicted molar refractivity (Wildman–Crippen MR) is 156 cm³/mol. The van der Waals surface area contributed by atoms with Crippen LogP contribution < -0.4 is 10.6 Å². The van der Waals surface area contributed by atoms with E-state index in [-0.39, 0.29) is 25.7 Å². The van der Waals surface area contributed by atoms with Crippen molar-refractivity contribution >= 4 is 18.0 Å². The zero-order valence-corrected chi connectivity index (χ0v) is 23.6. The number of carbonyl (C=O) groups excluding carboxylic acids is 2. The summed E-state index contributed by atoms with van der Waals surface area (Å²) in [5.74, 6) is -1.75. The van der Waals surface area contributed by atoms with Gasteiger partial charge < -0.3 is 30.0 Å². The number of carbonyl (C=O) groups is 3. The number of rotatable bonds is 11. The maximum atomic E-state index is 13.6. The average Bonchev–Trinajstić information content (AvgIpc) is 3.34. The van der Waals surface area contributed by atoms with E-state index < -0.39 is 35.5 Å². The fourth-order valence-corrected chi connectivity index (χ4v) is 5.71. The number of benzene rings is 3. The van der Waals surface area contributed by atoms with Gasteiger partial charge in [0.25, 0.3) is 0 Å². The molecule has 3 aromatic rings. The summed E-state index contributed by atoms with van der Waals surface area (Å²) >= 11 is 0. The molecule has 1 fully saturated rings. The molecule has 3 aromatic carbocycles. The van der Waals surface area contributed by atoms with Gasteiger partial charge in [0.1, 0.15) is 6.61 Å². The number of ether oxygens (including phenoxy) is 3. The molecule has 3 N–H and O–H groups in total. The molecule has 0 radical (unpaired) electrons. The highest BCUT2D eigenvalue weighted by atomic mass is 16.5. The molecule has 0 unspecified atom stereocenters. The topological polar surface area (TPSA) is 123 Å². The minimum Gasteiger partial charge on any atom is -0.480 e. The Morgan fingerprint density at radius 1 is 0.929 bits per heavy atom. The second-order valence-electron chi connectivity index (χ2n) is 10.9. The van der Waals surface area contributed by atoms with Crippen LogP contribution in [0.3, 0.4) is 0 Å².